The molecule has 0 aliphatic rings. The molecule has 0 spiro atoms. The van der Waals surface area contributed by atoms with Gasteiger partial charge in [-0.25, -0.2) is 4.39 Å². The third-order valence-electron chi connectivity index (χ3n) is 2.16. The number of benzene rings is 1. The molecule has 0 aliphatic carbocycles. The highest BCUT2D eigenvalue weighted by Crippen LogP contribution is 2.27. The Morgan fingerprint density at radius 1 is 1.41 bits per heavy atom. The second-order valence-electron chi connectivity index (χ2n) is 3.41. The number of halogens is 2. The fourth-order valence-corrected chi connectivity index (χ4v) is 2.49. The molecular weight excluding hydrogens is 305 g/mol. The van der Waals surface area contributed by atoms with E-state index in [1.165, 1.54) is 17.4 Å². The van der Waals surface area contributed by atoms with Crippen molar-refractivity contribution in [3.8, 4) is 10.6 Å². The van der Waals surface area contributed by atoms with Gasteiger partial charge in [0.1, 0.15) is 15.8 Å². The van der Waals surface area contributed by atoms with Crippen molar-refractivity contribution in [2.24, 2.45) is 0 Å². The fraction of sp³-hybridized carbons (Fsp3) is 0.273. The van der Waals surface area contributed by atoms with E-state index in [9.17, 15) is 4.39 Å². The van der Waals surface area contributed by atoms with Crippen LogP contribution in [0.25, 0.3) is 10.6 Å². The maximum atomic E-state index is 13.1. The van der Waals surface area contributed by atoms with Gasteiger partial charge in [0.25, 0.3) is 0 Å². The Morgan fingerprint density at radius 3 is 2.94 bits per heavy atom. The normalized spacial score (nSPS) is 10.8. The van der Waals surface area contributed by atoms with Gasteiger partial charge in [0.15, 0.2) is 0 Å². The molecule has 3 nitrogen and oxygen atoms in total. The smallest absolute Gasteiger partial charge is 0.147 e. The summed E-state index contributed by atoms with van der Waals surface area (Å²) < 4.78 is 13.5. The van der Waals surface area contributed by atoms with Gasteiger partial charge >= 0.3 is 0 Å². The van der Waals surface area contributed by atoms with Gasteiger partial charge in [-0.1, -0.05) is 18.3 Å². The highest BCUT2D eigenvalue weighted by molar-refractivity contribution is 9.10. The quantitative estimate of drug-likeness (QED) is 0.941. The van der Waals surface area contributed by atoms with E-state index in [1.807, 2.05) is 6.92 Å². The molecule has 0 unspecified atom stereocenters. The van der Waals surface area contributed by atoms with Crippen molar-refractivity contribution in [2.75, 3.05) is 6.54 Å². The molecule has 1 aromatic heterocycles. The predicted octanol–water partition coefficient (Wildman–Crippen LogP) is 3.22. The second-order valence-corrected chi connectivity index (χ2v) is 5.33. The Hall–Kier alpha value is -0.850. The summed E-state index contributed by atoms with van der Waals surface area (Å²) in [4.78, 5) is 0. The van der Waals surface area contributed by atoms with E-state index in [-0.39, 0.29) is 5.82 Å². The molecule has 1 heterocycles. The monoisotopic (exact) mass is 315 g/mol. The summed E-state index contributed by atoms with van der Waals surface area (Å²) in [6.07, 6.45) is 0. The van der Waals surface area contributed by atoms with E-state index in [0.29, 0.717) is 4.47 Å². The van der Waals surface area contributed by atoms with Crippen molar-refractivity contribution in [3.63, 3.8) is 0 Å². The first kappa shape index (κ1) is 12.6. The number of hydrogen-bond donors (Lipinski definition) is 1. The summed E-state index contributed by atoms with van der Waals surface area (Å²) in [6.45, 7) is 3.66. The molecule has 6 heteroatoms. The van der Waals surface area contributed by atoms with E-state index in [0.717, 1.165) is 28.7 Å². The number of hydrogen-bond acceptors (Lipinski definition) is 4. The van der Waals surface area contributed by atoms with Gasteiger partial charge in [0, 0.05) is 12.1 Å². The first-order valence-electron chi connectivity index (χ1n) is 5.19. The lowest BCUT2D eigenvalue weighted by atomic mass is 10.2. The first-order chi connectivity index (χ1) is 8.20. The van der Waals surface area contributed by atoms with Crippen LogP contribution in [-0.4, -0.2) is 16.7 Å². The van der Waals surface area contributed by atoms with Crippen molar-refractivity contribution in [2.45, 2.75) is 13.5 Å². The van der Waals surface area contributed by atoms with Gasteiger partial charge in [-0.2, -0.15) is 0 Å². The molecule has 0 fully saturated rings. The minimum Gasteiger partial charge on any atom is -0.311 e. The van der Waals surface area contributed by atoms with Crippen molar-refractivity contribution in [1.82, 2.24) is 15.5 Å². The minimum absolute atomic E-state index is 0.272. The van der Waals surface area contributed by atoms with Crippen molar-refractivity contribution >= 4 is 27.3 Å². The molecular formula is C11H11BrFN3S. The summed E-state index contributed by atoms with van der Waals surface area (Å²) in [5, 5.41) is 13.1. The van der Waals surface area contributed by atoms with Crippen molar-refractivity contribution in [3.05, 3.63) is 33.5 Å². The average molecular weight is 316 g/mol. The van der Waals surface area contributed by atoms with Crippen LogP contribution in [0.1, 0.15) is 11.9 Å². The van der Waals surface area contributed by atoms with Gasteiger partial charge in [0.05, 0.1) is 4.47 Å². The molecule has 0 saturated heterocycles. The average Bonchev–Trinajstić information content (AvgIpc) is 2.79. The zero-order chi connectivity index (χ0) is 12.3. The van der Waals surface area contributed by atoms with Crippen LogP contribution in [0.5, 0.6) is 0 Å². The van der Waals surface area contributed by atoms with E-state index >= 15 is 0 Å². The highest BCUT2D eigenvalue weighted by atomic mass is 79.9. The van der Waals surface area contributed by atoms with Crippen LogP contribution in [0, 0.1) is 5.82 Å². The number of aromatic nitrogens is 2. The van der Waals surface area contributed by atoms with Gasteiger partial charge in [-0.3, -0.25) is 0 Å². The maximum Gasteiger partial charge on any atom is 0.147 e. The molecule has 1 N–H and O–H groups in total. The molecule has 2 rings (SSSR count). The van der Waals surface area contributed by atoms with Crippen LogP contribution in [0.3, 0.4) is 0 Å². The Balaban J connectivity index is 2.21. The molecule has 2 aromatic rings. The highest BCUT2D eigenvalue weighted by Gasteiger charge is 2.08. The number of rotatable bonds is 4. The summed E-state index contributed by atoms with van der Waals surface area (Å²) in [7, 11) is 0. The zero-order valence-corrected chi connectivity index (χ0v) is 11.6. The van der Waals surface area contributed by atoms with E-state index in [4.69, 9.17) is 0 Å². The van der Waals surface area contributed by atoms with Crippen LogP contribution < -0.4 is 5.32 Å². The lowest BCUT2D eigenvalue weighted by Crippen LogP contribution is -2.11. The largest absolute Gasteiger partial charge is 0.311 e. The minimum atomic E-state index is -0.272. The molecule has 0 atom stereocenters. The second kappa shape index (κ2) is 5.66. The maximum absolute atomic E-state index is 13.1. The molecule has 0 radical (unpaired) electrons. The Kier molecular flexibility index (Phi) is 4.20. The summed E-state index contributed by atoms with van der Waals surface area (Å²) >= 11 is 4.67. The Morgan fingerprint density at radius 2 is 2.24 bits per heavy atom. The van der Waals surface area contributed by atoms with Crippen LogP contribution in [0.2, 0.25) is 0 Å². The van der Waals surface area contributed by atoms with Crippen LogP contribution in [0.15, 0.2) is 22.7 Å². The molecule has 1 aromatic carbocycles. The predicted molar refractivity (Wildman–Crippen MR) is 70.4 cm³/mol. The third kappa shape index (κ3) is 3.08. The Labute approximate surface area is 111 Å². The van der Waals surface area contributed by atoms with Crippen molar-refractivity contribution in [1.29, 1.82) is 0 Å². The zero-order valence-electron chi connectivity index (χ0n) is 9.20. The lowest BCUT2D eigenvalue weighted by molar-refractivity contribution is 0.621. The van der Waals surface area contributed by atoms with Gasteiger partial charge in [-0.05, 0) is 40.7 Å². The standard InChI is InChI=1S/C11H11BrFN3S/c1-2-14-6-10-15-16-11(17-10)7-3-4-9(13)8(12)5-7/h3-5,14H,2,6H2,1H3. The summed E-state index contributed by atoms with van der Waals surface area (Å²) in [5.74, 6) is -0.272. The van der Waals surface area contributed by atoms with E-state index < -0.39 is 0 Å². The molecule has 0 bridgehead atoms. The summed E-state index contributed by atoms with van der Waals surface area (Å²) in [6, 6.07) is 4.84. The van der Waals surface area contributed by atoms with Crippen LogP contribution in [0.4, 0.5) is 4.39 Å². The van der Waals surface area contributed by atoms with Crippen LogP contribution >= 0.6 is 27.3 Å². The molecule has 0 aliphatic heterocycles. The Bertz CT molecular complexity index is 515. The molecule has 17 heavy (non-hydrogen) atoms. The van der Waals surface area contributed by atoms with Gasteiger partial charge in [0.2, 0.25) is 0 Å². The first-order valence-corrected chi connectivity index (χ1v) is 6.80. The molecule has 90 valence electrons. The number of nitrogens with zero attached hydrogens (tertiary/aromatic N) is 2. The third-order valence-corrected chi connectivity index (χ3v) is 3.74. The van der Waals surface area contributed by atoms with Gasteiger partial charge in [-0.15, -0.1) is 10.2 Å². The van der Waals surface area contributed by atoms with Crippen molar-refractivity contribution < 1.29 is 4.39 Å². The lowest BCUT2D eigenvalue weighted by Gasteiger charge is -1.97. The topological polar surface area (TPSA) is 37.8 Å². The molecule has 0 saturated carbocycles. The van der Waals surface area contributed by atoms with Gasteiger partial charge < -0.3 is 5.32 Å². The van der Waals surface area contributed by atoms with E-state index in [2.05, 4.69) is 31.4 Å². The molecule has 0 amide bonds. The number of nitrogens with one attached hydrogen (secondary N) is 1. The summed E-state index contributed by atoms with van der Waals surface area (Å²) in [5.41, 5.74) is 0.874. The fourth-order valence-electron chi connectivity index (χ4n) is 1.30. The van der Waals surface area contributed by atoms with Crippen LogP contribution in [-0.2, 0) is 6.54 Å². The van der Waals surface area contributed by atoms with E-state index in [1.54, 1.807) is 12.1 Å². The SMILES string of the molecule is CCNCc1nnc(-c2ccc(F)c(Br)c2)s1.